The molecule has 3 amide bonds. The number of urea groups is 1. The Morgan fingerprint density at radius 1 is 1.20 bits per heavy atom. The van der Waals surface area contributed by atoms with Crippen molar-refractivity contribution in [2.75, 3.05) is 32.7 Å². The van der Waals surface area contributed by atoms with Gasteiger partial charge < -0.3 is 26.0 Å². The number of hydrogen-bond donors (Lipinski definition) is 3. The van der Waals surface area contributed by atoms with Crippen LogP contribution in [0.3, 0.4) is 0 Å². The van der Waals surface area contributed by atoms with Crippen LogP contribution in [-0.4, -0.2) is 71.6 Å². The Hall–Kier alpha value is -1.83. The van der Waals surface area contributed by atoms with E-state index in [0.29, 0.717) is 6.54 Å². The number of carbonyl (C=O) groups is 3. The molecule has 0 aliphatic carbocycles. The minimum Gasteiger partial charge on any atom is -0.480 e. The Bertz CT molecular complexity index is 328. The van der Waals surface area contributed by atoms with Crippen molar-refractivity contribution in [1.82, 2.24) is 15.1 Å². The lowest BCUT2D eigenvalue weighted by molar-refractivity contribution is -0.137. The van der Waals surface area contributed by atoms with E-state index >= 15 is 0 Å². The number of carboxylic acid groups (broad SMARTS) is 1. The van der Waals surface area contributed by atoms with Gasteiger partial charge in [-0.25, -0.2) is 4.79 Å². The first-order valence-corrected chi connectivity index (χ1v) is 6.57. The number of likely N-dealkylation sites (N-methyl/N-ethyl adjacent to an activating group) is 1. The summed E-state index contributed by atoms with van der Waals surface area (Å²) in [5.41, 5.74) is 5.00. The molecule has 0 aliphatic rings. The second-order valence-electron chi connectivity index (χ2n) is 4.55. The molecule has 0 aliphatic heterocycles. The number of carboxylic acids is 1. The average molecular weight is 288 g/mol. The quantitative estimate of drug-likeness (QED) is 0.519. The van der Waals surface area contributed by atoms with Gasteiger partial charge >= 0.3 is 12.0 Å². The van der Waals surface area contributed by atoms with Crippen molar-refractivity contribution < 1.29 is 19.5 Å². The number of hydrogen-bond acceptors (Lipinski definition) is 4. The summed E-state index contributed by atoms with van der Waals surface area (Å²) in [6.45, 7) is 7.23. The molecule has 1 atom stereocenters. The van der Waals surface area contributed by atoms with Gasteiger partial charge in [0.2, 0.25) is 5.91 Å². The van der Waals surface area contributed by atoms with Gasteiger partial charge in [0.15, 0.2) is 0 Å². The zero-order chi connectivity index (χ0) is 15.7. The highest BCUT2D eigenvalue weighted by atomic mass is 16.4. The highest BCUT2D eigenvalue weighted by Gasteiger charge is 2.20. The van der Waals surface area contributed by atoms with E-state index in [4.69, 9.17) is 10.8 Å². The smallest absolute Gasteiger partial charge is 0.323 e. The van der Waals surface area contributed by atoms with Crippen molar-refractivity contribution in [2.45, 2.75) is 26.8 Å². The summed E-state index contributed by atoms with van der Waals surface area (Å²) in [5, 5.41) is 11.4. The predicted octanol–water partition coefficient (Wildman–Crippen LogP) is -0.702. The number of nitrogens with zero attached hydrogens (tertiary/aromatic N) is 2. The third-order valence-electron chi connectivity index (χ3n) is 2.76. The maximum Gasteiger partial charge on any atom is 0.323 e. The van der Waals surface area contributed by atoms with Gasteiger partial charge in [0.1, 0.15) is 13.1 Å². The highest BCUT2D eigenvalue weighted by Crippen LogP contribution is 1.95. The second kappa shape index (κ2) is 9.13. The van der Waals surface area contributed by atoms with Crippen LogP contribution in [0.1, 0.15) is 20.8 Å². The average Bonchev–Trinajstić information content (AvgIpc) is 2.33. The van der Waals surface area contributed by atoms with Gasteiger partial charge in [-0.3, -0.25) is 9.59 Å². The van der Waals surface area contributed by atoms with Crippen molar-refractivity contribution in [2.24, 2.45) is 5.73 Å². The van der Waals surface area contributed by atoms with Crippen LogP contribution in [0.25, 0.3) is 0 Å². The van der Waals surface area contributed by atoms with Crippen molar-refractivity contribution in [3.8, 4) is 0 Å². The molecule has 8 nitrogen and oxygen atoms in total. The van der Waals surface area contributed by atoms with Crippen LogP contribution in [0, 0.1) is 0 Å². The molecule has 0 aromatic heterocycles. The van der Waals surface area contributed by atoms with Crippen molar-refractivity contribution >= 4 is 17.9 Å². The van der Waals surface area contributed by atoms with Gasteiger partial charge in [-0.1, -0.05) is 13.8 Å². The van der Waals surface area contributed by atoms with E-state index in [9.17, 15) is 14.4 Å². The molecule has 0 saturated carbocycles. The van der Waals surface area contributed by atoms with E-state index in [2.05, 4.69) is 10.2 Å². The molecule has 1 unspecified atom stereocenters. The standard InChI is InChI=1S/C12H24N4O4/c1-4-15(5-2)6-9(3)14-12(20)16(7-10(13)17)8-11(18)19/h9H,4-8H2,1-3H3,(H2,13,17)(H,14,20)(H,18,19). The molecule has 0 bridgehead atoms. The number of aliphatic carboxylic acids is 1. The fraction of sp³-hybridized carbons (Fsp3) is 0.750. The highest BCUT2D eigenvalue weighted by molar-refractivity contribution is 5.86. The number of nitrogens with two attached hydrogens (primary N) is 1. The van der Waals surface area contributed by atoms with Gasteiger partial charge in [-0.05, 0) is 20.0 Å². The van der Waals surface area contributed by atoms with Crippen LogP contribution >= 0.6 is 0 Å². The minimum absolute atomic E-state index is 0.161. The summed E-state index contributed by atoms with van der Waals surface area (Å²) in [5.74, 6) is -1.95. The van der Waals surface area contributed by atoms with Crippen LogP contribution in [0.4, 0.5) is 4.79 Å². The zero-order valence-corrected chi connectivity index (χ0v) is 12.3. The van der Waals surface area contributed by atoms with E-state index in [-0.39, 0.29) is 6.04 Å². The van der Waals surface area contributed by atoms with Crippen LogP contribution in [0.2, 0.25) is 0 Å². The normalized spacial score (nSPS) is 12.0. The molecule has 0 heterocycles. The first-order chi connectivity index (χ1) is 9.29. The molecule has 0 radical (unpaired) electrons. The van der Waals surface area contributed by atoms with Crippen LogP contribution in [-0.2, 0) is 9.59 Å². The Kier molecular flexibility index (Phi) is 8.30. The molecule has 4 N–H and O–H groups in total. The molecule has 8 heteroatoms. The topological polar surface area (TPSA) is 116 Å². The van der Waals surface area contributed by atoms with E-state index in [1.807, 2.05) is 20.8 Å². The van der Waals surface area contributed by atoms with Crippen LogP contribution < -0.4 is 11.1 Å². The Balaban J connectivity index is 4.50. The van der Waals surface area contributed by atoms with Crippen molar-refractivity contribution in [3.05, 3.63) is 0 Å². The maximum absolute atomic E-state index is 11.9. The zero-order valence-electron chi connectivity index (χ0n) is 12.3. The van der Waals surface area contributed by atoms with E-state index in [1.165, 1.54) is 0 Å². The molecular formula is C12H24N4O4. The predicted molar refractivity (Wildman–Crippen MR) is 74.2 cm³/mol. The Morgan fingerprint density at radius 2 is 1.75 bits per heavy atom. The van der Waals surface area contributed by atoms with Gasteiger partial charge in [0.05, 0.1) is 0 Å². The van der Waals surface area contributed by atoms with Gasteiger partial charge in [-0.2, -0.15) is 0 Å². The summed E-state index contributed by atoms with van der Waals surface area (Å²) in [6.07, 6.45) is 0. The van der Waals surface area contributed by atoms with Gasteiger partial charge in [-0.15, -0.1) is 0 Å². The molecule has 0 rings (SSSR count). The monoisotopic (exact) mass is 288 g/mol. The lowest BCUT2D eigenvalue weighted by Crippen LogP contribution is -2.51. The lowest BCUT2D eigenvalue weighted by Gasteiger charge is -2.26. The fourth-order valence-corrected chi connectivity index (χ4v) is 1.77. The second-order valence-corrected chi connectivity index (χ2v) is 4.55. The maximum atomic E-state index is 11.9. The number of amides is 3. The SMILES string of the molecule is CCN(CC)CC(C)NC(=O)N(CC(N)=O)CC(=O)O. The summed E-state index contributed by atoms with van der Waals surface area (Å²) < 4.78 is 0. The molecule has 20 heavy (non-hydrogen) atoms. The molecule has 116 valence electrons. The third kappa shape index (κ3) is 7.57. The first-order valence-electron chi connectivity index (χ1n) is 6.57. The Labute approximate surface area is 118 Å². The van der Waals surface area contributed by atoms with Crippen molar-refractivity contribution in [1.29, 1.82) is 0 Å². The first kappa shape index (κ1) is 18.2. The lowest BCUT2D eigenvalue weighted by atomic mass is 10.3. The van der Waals surface area contributed by atoms with E-state index in [0.717, 1.165) is 18.0 Å². The molecular weight excluding hydrogens is 264 g/mol. The third-order valence-corrected chi connectivity index (χ3v) is 2.76. The van der Waals surface area contributed by atoms with E-state index < -0.39 is 31.0 Å². The summed E-state index contributed by atoms with van der Waals surface area (Å²) >= 11 is 0. The number of rotatable bonds is 9. The molecule has 0 fully saturated rings. The summed E-state index contributed by atoms with van der Waals surface area (Å²) in [4.78, 5) is 36.4. The molecule has 0 aromatic rings. The van der Waals surface area contributed by atoms with Crippen LogP contribution in [0.5, 0.6) is 0 Å². The van der Waals surface area contributed by atoms with Gasteiger partial charge in [0.25, 0.3) is 0 Å². The summed E-state index contributed by atoms with van der Waals surface area (Å²) in [7, 11) is 0. The van der Waals surface area contributed by atoms with Gasteiger partial charge in [0, 0.05) is 12.6 Å². The number of primary amides is 1. The fourth-order valence-electron chi connectivity index (χ4n) is 1.77. The largest absolute Gasteiger partial charge is 0.480 e. The molecule has 0 spiro atoms. The number of carbonyl (C=O) groups excluding carboxylic acids is 2. The molecule has 0 saturated heterocycles. The van der Waals surface area contributed by atoms with Crippen molar-refractivity contribution in [3.63, 3.8) is 0 Å². The molecule has 0 aromatic carbocycles. The Morgan fingerprint density at radius 3 is 2.15 bits per heavy atom. The number of nitrogens with one attached hydrogen (secondary N) is 1. The van der Waals surface area contributed by atoms with E-state index in [1.54, 1.807) is 0 Å². The van der Waals surface area contributed by atoms with Crippen LogP contribution in [0.15, 0.2) is 0 Å². The summed E-state index contributed by atoms with van der Waals surface area (Å²) in [6, 6.07) is -0.766. The minimum atomic E-state index is -1.20.